The van der Waals surface area contributed by atoms with Crippen molar-refractivity contribution in [2.24, 2.45) is 0 Å². The van der Waals surface area contributed by atoms with Gasteiger partial charge in [0.1, 0.15) is 0 Å². The molecule has 9 heteroatoms. The summed E-state index contributed by atoms with van der Waals surface area (Å²) in [6.45, 7) is 6.38. The number of nitrogens with one attached hydrogen (secondary N) is 1. The van der Waals surface area contributed by atoms with E-state index in [0.717, 1.165) is 12.1 Å². The van der Waals surface area contributed by atoms with Gasteiger partial charge in [0.05, 0.1) is 17.5 Å². The van der Waals surface area contributed by atoms with Gasteiger partial charge in [-0.15, -0.1) is 0 Å². The maximum absolute atomic E-state index is 12.2. The number of amides is 1. The number of carbonyl (C=O) groups is 1. The fourth-order valence-corrected chi connectivity index (χ4v) is 5.67. The van der Waals surface area contributed by atoms with Crippen LogP contribution in [0.1, 0.15) is 25.8 Å². The number of sulfone groups is 1. The van der Waals surface area contributed by atoms with Crippen molar-refractivity contribution in [3.8, 4) is 0 Å². The molecule has 0 aromatic carbocycles. The average molecular weight is 367 g/mol. The van der Waals surface area contributed by atoms with E-state index in [2.05, 4.69) is 20.2 Å². The third-order valence-electron chi connectivity index (χ3n) is 4.84. The first-order chi connectivity index (χ1) is 11.9. The molecular formula is C16H25N5O3S. The monoisotopic (exact) mass is 367 g/mol. The highest BCUT2D eigenvalue weighted by molar-refractivity contribution is 7.91. The Morgan fingerprint density at radius 3 is 2.52 bits per heavy atom. The molecule has 0 bridgehead atoms. The Kier molecular flexibility index (Phi) is 5.24. The van der Waals surface area contributed by atoms with Gasteiger partial charge < -0.3 is 10.2 Å². The van der Waals surface area contributed by atoms with Crippen molar-refractivity contribution in [2.45, 2.75) is 38.9 Å². The lowest BCUT2D eigenvalue weighted by Gasteiger charge is -2.43. The van der Waals surface area contributed by atoms with E-state index in [9.17, 15) is 13.2 Å². The number of rotatable bonds is 5. The van der Waals surface area contributed by atoms with Crippen LogP contribution in [0.5, 0.6) is 0 Å². The van der Waals surface area contributed by atoms with E-state index in [1.807, 2.05) is 13.8 Å². The fourth-order valence-electron chi connectivity index (χ4n) is 3.65. The molecule has 3 heterocycles. The van der Waals surface area contributed by atoms with Crippen molar-refractivity contribution in [1.29, 1.82) is 0 Å². The van der Waals surface area contributed by atoms with Crippen molar-refractivity contribution in [3.63, 3.8) is 0 Å². The molecular weight excluding hydrogens is 342 g/mol. The van der Waals surface area contributed by atoms with Crippen molar-refractivity contribution >= 4 is 21.7 Å². The summed E-state index contributed by atoms with van der Waals surface area (Å²) in [4.78, 5) is 24.6. The second kappa shape index (κ2) is 7.25. The molecule has 2 atom stereocenters. The second-order valence-corrected chi connectivity index (χ2v) is 8.72. The van der Waals surface area contributed by atoms with E-state index in [4.69, 9.17) is 0 Å². The average Bonchev–Trinajstić information content (AvgIpc) is 2.92. The van der Waals surface area contributed by atoms with Gasteiger partial charge in [0.15, 0.2) is 9.84 Å². The van der Waals surface area contributed by atoms with Crippen molar-refractivity contribution in [3.05, 3.63) is 18.0 Å². The van der Waals surface area contributed by atoms with Gasteiger partial charge in [-0.2, -0.15) is 0 Å². The molecule has 1 aromatic heterocycles. The maximum Gasteiger partial charge on any atom is 0.222 e. The minimum Gasteiger partial charge on any atom is -0.355 e. The van der Waals surface area contributed by atoms with Gasteiger partial charge in [-0.1, -0.05) is 6.92 Å². The second-order valence-electron chi connectivity index (χ2n) is 6.57. The van der Waals surface area contributed by atoms with E-state index in [-0.39, 0.29) is 29.5 Å². The van der Waals surface area contributed by atoms with Gasteiger partial charge in [0.2, 0.25) is 11.9 Å². The first-order valence-electron chi connectivity index (χ1n) is 8.72. The first kappa shape index (κ1) is 18.1. The Bertz CT molecular complexity index is 722. The zero-order valence-electron chi connectivity index (χ0n) is 14.7. The molecule has 0 aliphatic carbocycles. The van der Waals surface area contributed by atoms with Crippen LogP contribution in [0.4, 0.5) is 5.95 Å². The summed E-state index contributed by atoms with van der Waals surface area (Å²) in [6, 6.07) is -0.393. The maximum atomic E-state index is 12.2. The molecule has 25 heavy (non-hydrogen) atoms. The Morgan fingerprint density at radius 2 is 1.88 bits per heavy atom. The van der Waals surface area contributed by atoms with Crippen LogP contribution < -0.4 is 5.32 Å². The normalized spacial score (nSPS) is 25.6. The lowest BCUT2D eigenvalue weighted by atomic mass is 10.0. The Labute approximate surface area is 148 Å². The zero-order chi connectivity index (χ0) is 18.0. The van der Waals surface area contributed by atoms with E-state index in [0.29, 0.717) is 32.0 Å². The molecule has 1 aromatic rings. The number of hydrogen-bond donors (Lipinski definition) is 1. The molecule has 8 nitrogen and oxygen atoms in total. The third-order valence-corrected chi connectivity index (χ3v) is 6.54. The predicted octanol–water partition coefficient (Wildman–Crippen LogP) is 0.128. The van der Waals surface area contributed by atoms with Crippen LogP contribution >= 0.6 is 0 Å². The quantitative estimate of drug-likeness (QED) is 0.790. The van der Waals surface area contributed by atoms with Gasteiger partial charge in [-0.05, 0) is 6.92 Å². The predicted molar refractivity (Wildman–Crippen MR) is 94.8 cm³/mol. The van der Waals surface area contributed by atoms with E-state index in [1.165, 1.54) is 0 Å². The van der Waals surface area contributed by atoms with E-state index < -0.39 is 9.84 Å². The van der Waals surface area contributed by atoms with Gasteiger partial charge >= 0.3 is 0 Å². The number of piperazine rings is 1. The van der Waals surface area contributed by atoms with Crippen LogP contribution in [0.2, 0.25) is 0 Å². The number of anilines is 1. The molecule has 2 aliphatic rings. The standard InChI is InChI=1S/C16H25N5O3S/c1-3-15(22)21-6-5-20(13-10-25(23,24)11-14(13)21)9-12-7-18-16(17-4-2)19-8-12/h7-8,13-14H,3-6,9-11H2,1-2H3,(H,17,18,19)/t13-,14+/m0/s1. The highest BCUT2D eigenvalue weighted by Gasteiger charge is 2.47. The van der Waals surface area contributed by atoms with Gasteiger partial charge in [0.25, 0.3) is 0 Å². The highest BCUT2D eigenvalue weighted by atomic mass is 32.2. The molecule has 0 radical (unpaired) electrons. The van der Waals surface area contributed by atoms with Gasteiger partial charge in [-0.3, -0.25) is 9.69 Å². The number of carbonyl (C=O) groups excluding carboxylic acids is 1. The van der Waals surface area contributed by atoms with Gasteiger partial charge in [0, 0.05) is 56.6 Å². The summed E-state index contributed by atoms with van der Waals surface area (Å²) < 4.78 is 24.3. The Morgan fingerprint density at radius 1 is 1.20 bits per heavy atom. The summed E-state index contributed by atoms with van der Waals surface area (Å²) in [5, 5.41) is 3.05. The van der Waals surface area contributed by atoms with Crippen LogP contribution in [0.25, 0.3) is 0 Å². The van der Waals surface area contributed by atoms with E-state index >= 15 is 0 Å². The number of aromatic nitrogens is 2. The Hall–Kier alpha value is -1.74. The number of nitrogens with zero attached hydrogens (tertiary/aromatic N) is 4. The first-order valence-corrected chi connectivity index (χ1v) is 10.5. The minimum absolute atomic E-state index is 0.0325. The van der Waals surface area contributed by atoms with Crippen LogP contribution in [0.15, 0.2) is 12.4 Å². The topological polar surface area (TPSA) is 95.5 Å². The van der Waals surface area contributed by atoms with Crippen LogP contribution in [0.3, 0.4) is 0 Å². The zero-order valence-corrected chi connectivity index (χ0v) is 15.5. The molecule has 2 aliphatic heterocycles. The fraction of sp³-hybridized carbons (Fsp3) is 0.688. The Balaban J connectivity index is 1.75. The largest absolute Gasteiger partial charge is 0.355 e. The summed E-state index contributed by atoms with van der Waals surface area (Å²) in [5.74, 6) is 0.799. The lowest BCUT2D eigenvalue weighted by molar-refractivity contribution is -0.136. The third kappa shape index (κ3) is 3.92. The number of fused-ring (bicyclic) bond motifs is 1. The van der Waals surface area contributed by atoms with Crippen molar-refractivity contribution in [1.82, 2.24) is 19.8 Å². The summed E-state index contributed by atoms with van der Waals surface area (Å²) in [7, 11) is -3.12. The van der Waals surface area contributed by atoms with Crippen molar-refractivity contribution in [2.75, 3.05) is 36.5 Å². The van der Waals surface area contributed by atoms with Crippen LogP contribution in [-0.4, -0.2) is 77.3 Å². The number of hydrogen-bond acceptors (Lipinski definition) is 7. The summed E-state index contributed by atoms with van der Waals surface area (Å²) in [5.41, 5.74) is 0.944. The van der Waals surface area contributed by atoms with Crippen LogP contribution in [-0.2, 0) is 21.2 Å². The molecule has 2 saturated heterocycles. The molecule has 0 saturated carbocycles. The smallest absolute Gasteiger partial charge is 0.222 e. The molecule has 0 unspecified atom stereocenters. The molecule has 3 rings (SSSR count). The van der Waals surface area contributed by atoms with E-state index in [1.54, 1.807) is 17.3 Å². The SMILES string of the molecule is CCNc1ncc(CN2CCN(C(=O)CC)[C@@H]3CS(=O)(=O)C[C@@H]32)cn1. The van der Waals surface area contributed by atoms with Gasteiger partial charge in [-0.25, -0.2) is 18.4 Å². The molecule has 138 valence electrons. The summed E-state index contributed by atoms with van der Waals surface area (Å²) >= 11 is 0. The minimum atomic E-state index is -3.12. The lowest BCUT2D eigenvalue weighted by Crippen LogP contribution is -2.60. The van der Waals surface area contributed by atoms with Crippen molar-refractivity contribution < 1.29 is 13.2 Å². The molecule has 2 fully saturated rings. The molecule has 1 N–H and O–H groups in total. The highest BCUT2D eigenvalue weighted by Crippen LogP contribution is 2.28. The molecule has 0 spiro atoms. The molecule has 1 amide bonds. The summed E-state index contributed by atoms with van der Waals surface area (Å²) in [6.07, 6.45) is 3.95. The van der Waals surface area contributed by atoms with Crippen LogP contribution in [0, 0.1) is 0 Å².